The molecule has 2 N–H and O–H groups in total. The van der Waals surface area contributed by atoms with Gasteiger partial charge in [0.05, 0.1) is 10.5 Å². The van der Waals surface area contributed by atoms with Gasteiger partial charge in [0, 0.05) is 17.8 Å². The molecule has 0 unspecified atom stereocenters. The molecule has 0 amide bonds. The fourth-order valence-electron chi connectivity index (χ4n) is 1.68. The minimum absolute atomic E-state index is 0. The van der Waals surface area contributed by atoms with Gasteiger partial charge in [-0.25, -0.2) is 4.99 Å². The van der Waals surface area contributed by atoms with Crippen LogP contribution in [-0.4, -0.2) is 10.8 Å². The molecule has 0 bridgehead atoms. The maximum absolute atomic E-state index is 10.9. The number of halogens is 1. The van der Waals surface area contributed by atoms with Crippen molar-refractivity contribution in [3.8, 4) is 0 Å². The van der Waals surface area contributed by atoms with Crippen LogP contribution in [0.2, 0.25) is 0 Å². The molecule has 21 heavy (non-hydrogen) atoms. The molecule has 108 valence electrons. The van der Waals surface area contributed by atoms with Crippen LogP contribution < -0.4 is 5.73 Å². The molecule has 2 aromatic carbocycles. The molecule has 0 atom stereocenters. The molecule has 0 aliphatic heterocycles. The molecule has 2 rings (SSSR count). The number of hydrogen-bond donors (Lipinski definition) is 1. The average molecular weight is 304 g/mol. The largest absolute Gasteiger partial charge is 0.383 e. The van der Waals surface area contributed by atoms with Crippen LogP contribution in [0.5, 0.6) is 0 Å². The highest BCUT2D eigenvalue weighted by atomic mass is 35.5. The molecule has 0 spiro atoms. The van der Waals surface area contributed by atoms with E-state index >= 15 is 0 Å². The van der Waals surface area contributed by atoms with Gasteiger partial charge in [-0.1, -0.05) is 42.5 Å². The summed E-state index contributed by atoms with van der Waals surface area (Å²) in [5.41, 5.74) is 7.15. The smallest absolute Gasteiger partial charge is 0.276 e. The molecule has 0 radical (unpaired) electrons. The van der Waals surface area contributed by atoms with Crippen LogP contribution in [0.25, 0.3) is 6.08 Å². The van der Waals surface area contributed by atoms with Gasteiger partial charge in [0.15, 0.2) is 0 Å². The van der Waals surface area contributed by atoms with Crippen LogP contribution in [0.3, 0.4) is 0 Å². The number of nitrogens with zero attached hydrogens (tertiary/aromatic N) is 2. The predicted octanol–water partition coefficient (Wildman–Crippen LogP) is 3.39. The lowest BCUT2D eigenvalue weighted by Crippen LogP contribution is -2.12. The second-order valence-electron chi connectivity index (χ2n) is 4.01. The van der Waals surface area contributed by atoms with Crippen LogP contribution in [0.1, 0.15) is 11.1 Å². The van der Waals surface area contributed by atoms with E-state index in [1.54, 1.807) is 24.3 Å². The van der Waals surface area contributed by atoms with Gasteiger partial charge in [-0.05, 0) is 12.1 Å². The van der Waals surface area contributed by atoms with E-state index < -0.39 is 4.92 Å². The zero-order chi connectivity index (χ0) is 14.4. The summed E-state index contributed by atoms with van der Waals surface area (Å²) in [5, 5.41) is 10.9. The molecule has 0 saturated heterocycles. The lowest BCUT2D eigenvalue weighted by atomic mass is 10.2. The molecule has 5 nitrogen and oxygen atoms in total. The first-order chi connectivity index (χ1) is 9.68. The van der Waals surface area contributed by atoms with E-state index in [4.69, 9.17) is 5.73 Å². The van der Waals surface area contributed by atoms with Crippen molar-refractivity contribution in [3.63, 3.8) is 0 Å². The second kappa shape index (κ2) is 7.81. The van der Waals surface area contributed by atoms with Crippen LogP contribution in [0, 0.1) is 10.1 Å². The Labute approximate surface area is 128 Å². The molecule has 0 aliphatic rings. The van der Waals surface area contributed by atoms with Crippen LogP contribution in [0.4, 0.5) is 5.69 Å². The Kier molecular flexibility index (Phi) is 6.10. The first-order valence-corrected chi connectivity index (χ1v) is 5.97. The van der Waals surface area contributed by atoms with Crippen LogP contribution in [0.15, 0.2) is 65.8 Å². The molecule has 0 heterocycles. The topological polar surface area (TPSA) is 81.5 Å². The Balaban J connectivity index is 0.00000220. The van der Waals surface area contributed by atoms with Gasteiger partial charge < -0.3 is 5.73 Å². The van der Waals surface area contributed by atoms with Gasteiger partial charge in [-0.2, -0.15) is 0 Å². The second-order valence-corrected chi connectivity index (χ2v) is 4.01. The molecule has 0 aromatic heterocycles. The SMILES string of the molecule is Cl.NC(=NC=Cc1ccccc1[N+](=O)[O-])c1ccccc1. The molecular formula is C15H14ClN3O2. The lowest BCUT2D eigenvalue weighted by Gasteiger charge is -1.98. The van der Waals surface area contributed by atoms with E-state index in [9.17, 15) is 10.1 Å². The van der Waals surface area contributed by atoms with Gasteiger partial charge in [0.25, 0.3) is 5.69 Å². The monoisotopic (exact) mass is 303 g/mol. The third-order valence-electron chi connectivity index (χ3n) is 2.67. The summed E-state index contributed by atoms with van der Waals surface area (Å²) >= 11 is 0. The standard InChI is InChI=1S/C15H13N3O2.ClH/c16-15(13-7-2-1-3-8-13)17-11-10-12-6-4-5-9-14(12)18(19)20;/h1-11H,(H2,16,17);1H. The molecule has 0 fully saturated rings. The van der Waals surface area contributed by atoms with Gasteiger partial charge in [-0.15, -0.1) is 12.4 Å². The summed E-state index contributed by atoms with van der Waals surface area (Å²) in [6.45, 7) is 0. The van der Waals surface area contributed by atoms with Crippen molar-refractivity contribution in [2.45, 2.75) is 0 Å². The number of aliphatic imine (C=N–C) groups is 1. The number of hydrogen-bond acceptors (Lipinski definition) is 3. The molecule has 6 heteroatoms. The first-order valence-electron chi connectivity index (χ1n) is 5.97. The number of nitro benzene ring substituents is 1. The Bertz CT molecular complexity index is 670. The van der Waals surface area contributed by atoms with Crippen molar-refractivity contribution >= 4 is 30.0 Å². The predicted molar refractivity (Wildman–Crippen MR) is 86.5 cm³/mol. The van der Waals surface area contributed by atoms with Crippen molar-refractivity contribution in [2.75, 3.05) is 0 Å². The minimum Gasteiger partial charge on any atom is -0.383 e. The van der Waals surface area contributed by atoms with Gasteiger partial charge in [0.1, 0.15) is 5.84 Å². The fourth-order valence-corrected chi connectivity index (χ4v) is 1.68. The van der Waals surface area contributed by atoms with Crippen molar-refractivity contribution in [1.29, 1.82) is 0 Å². The van der Waals surface area contributed by atoms with Crippen molar-refractivity contribution in [2.24, 2.45) is 10.7 Å². The quantitative estimate of drug-likeness (QED) is 0.407. The molecule has 0 aliphatic carbocycles. The summed E-state index contributed by atoms with van der Waals surface area (Å²) in [4.78, 5) is 14.5. The van der Waals surface area contributed by atoms with E-state index in [0.29, 0.717) is 11.4 Å². The highest BCUT2D eigenvalue weighted by Crippen LogP contribution is 2.18. The van der Waals surface area contributed by atoms with Gasteiger partial charge >= 0.3 is 0 Å². The normalized spacial score (nSPS) is 11.1. The summed E-state index contributed by atoms with van der Waals surface area (Å²) in [7, 11) is 0. The van der Waals surface area contributed by atoms with E-state index in [1.165, 1.54) is 12.3 Å². The Morgan fingerprint density at radius 1 is 1.10 bits per heavy atom. The van der Waals surface area contributed by atoms with Crippen LogP contribution >= 0.6 is 12.4 Å². The highest BCUT2D eigenvalue weighted by Gasteiger charge is 2.08. The first kappa shape index (κ1) is 16.4. The zero-order valence-electron chi connectivity index (χ0n) is 11.0. The molecule has 0 saturated carbocycles. The third-order valence-corrected chi connectivity index (χ3v) is 2.67. The van der Waals surface area contributed by atoms with E-state index in [0.717, 1.165) is 5.56 Å². The Hall–Kier alpha value is -2.66. The van der Waals surface area contributed by atoms with E-state index in [1.807, 2.05) is 30.3 Å². The van der Waals surface area contributed by atoms with Crippen molar-refractivity contribution in [3.05, 3.63) is 82.0 Å². The van der Waals surface area contributed by atoms with E-state index in [2.05, 4.69) is 4.99 Å². The third kappa shape index (κ3) is 4.43. The number of nitro groups is 1. The highest BCUT2D eigenvalue weighted by molar-refractivity contribution is 5.97. The molecule has 2 aromatic rings. The minimum atomic E-state index is -0.427. The number of para-hydroxylation sites is 1. The Morgan fingerprint density at radius 2 is 1.71 bits per heavy atom. The summed E-state index contributed by atoms with van der Waals surface area (Å²) in [6, 6.07) is 15.8. The number of rotatable bonds is 4. The Morgan fingerprint density at radius 3 is 2.38 bits per heavy atom. The maximum Gasteiger partial charge on any atom is 0.276 e. The van der Waals surface area contributed by atoms with E-state index in [-0.39, 0.29) is 18.1 Å². The number of amidine groups is 1. The van der Waals surface area contributed by atoms with Gasteiger partial charge in [0.2, 0.25) is 0 Å². The van der Waals surface area contributed by atoms with Crippen molar-refractivity contribution < 1.29 is 4.92 Å². The molecular weight excluding hydrogens is 290 g/mol. The van der Waals surface area contributed by atoms with Gasteiger partial charge in [-0.3, -0.25) is 10.1 Å². The van der Waals surface area contributed by atoms with Crippen molar-refractivity contribution in [1.82, 2.24) is 0 Å². The average Bonchev–Trinajstić information content (AvgIpc) is 2.48. The lowest BCUT2D eigenvalue weighted by molar-refractivity contribution is -0.385. The summed E-state index contributed by atoms with van der Waals surface area (Å²) in [6.07, 6.45) is 3.03. The number of nitrogens with two attached hydrogens (primary N) is 1. The fraction of sp³-hybridized carbons (Fsp3) is 0. The van der Waals surface area contributed by atoms with Crippen LogP contribution in [-0.2, 0) is 0 Å². The summed E-state index contributed by atoms with van der Waals surface area (Å²) in [5.74, 6) is 0.362. The number of benzene rings is 2. The summed E-state index contributed by atoms with van der Waals surface area (Å²) < 4.78 is 0. The zero-order valence-corrected chi connectivity index (χ0v) is 11.9. The maximum atomic E-state index is 10.9.